The molecule has 0 atom stereocenters. The van der Waals surface area contributed by atoms with Crippen molar-refractivity contribution in [2.75, 3.05) is 11.1 Å². The highest BCUT2D eigenvalue weighted by molar-refractivity contribution is 6.16. The number of benzene rings is 3. The first-order chi connectivity index (χ1) is 15.0. The Labute approximate surface area is 177 Å². The van der Waals surface area contributed by atoms with Crippen LogP contribution in [0.5, 0.6) is 0 Å². The van der Waals surface area contributed by atoms with Gasteiger partial charge in [-0.25, -0.2) is 14.4 Å². The van der Waals surface area contributed by atoms with E-state index in [1.54, 1.807) is 10.6 Å². The number of anilines is 2. The molecule has 0 aliphatic rings. The topological polar surface area (TPSA) is 85.8 Å². The van der Waals surface area contributed by atoms with E-state index in [0.717, 1.165) is 11.3 Å². The van der Waals surface area contributed by atoms with Crippen LogP contribution in [0.15, 0.2) is 72.8 Å². The predicted molar refractivity (Wildman–Crippen MR) is 120 cm³/mol. The Morgan fingerprint density at radius 2 is 1.71 bits per heavy atom. The molecule has 31 heavy (non-hydrogen) atoms. The Morgan fingerprint density at radius 1 is 0.968 bits per heavy atom. The summed E-state index contributed by atoms with van der Waals surface area (Å²) in [7, 11) is 0. The lowest BCUT2D eigenvalue weighted by atomic mass is 10.2. The molecule has 2 heterocycles. The van der Waals surface area contributed by atoms with Gasteiger partial charge in [-0.15, -0.1) is 0 Å². The Bertz CT molecular complexity index is 1470. The minimum Gasteiger partial charge on any atom is -0.384 e. The van der Waals surface area contributed by atoms with Crippen molar-refractivity contribution in [3.63, 3.8) is 0 Å². The van der Waals surface area contributed by atoms with Crippen LogP contribution in [0.25, 0.3) is 27.9 Å². The van der Waals surface area contributed by atoms with E-state index >= 15 is 0 Å². The summed E-state index contributed by atoms with van der Waals surface area (Å²) in [6, 6.07) is 20.9. The fraction of sp³-hybridized carbons (Fsp3) is 0.0417. The maximum atomic E-state index is 13.6. The van der Waals surface area contributed by atoms with E-state index in [4.69, 9.17) is 10.7 Å². The summed E-state index contributed by atoms with van der Waals surface area (Å²) in [5, 5.41) is 2.72. The third-order valence-corrected chi connectivity index (χ3v) is 5.07. The Balaban J connectivity index is 1.76. The highest BCUT2D eigenvalue weighted by atomic mass is 19.1. The molecule has 3 N–H and O–H groups in total. The Kier molecular flexibility index (Phi) is 4.36. The minimum atomic E-state index is -0.482. The van der Waals surface area contributed by atoms with E-state index in [1.807, 2.05) is 55.5 Å². The van der Waals surface area contributed by atoms with Crippen molar-refractivity contribution >= 4 is 39.6 Å². The van der Waals surface area contributed by atoms with Crippen LogP contribution in [-0.2, 0) is 0 Å². The summed E-state index contributed by atoms with van der Waals surface area (Å²) >= 11 is 0. The molecule has 0 spiro atoms. The van der Waals surface area contributed by atoms with E-state index < -0.39 is 11.7 Å². The number of nitrogens with zero attached hydrogens (tertiary/aromatic N) is 3. The fourth-order valence-corrected chi connectivity index (χ4v) is 3.67. The van der Waals surface area contributed by atoms with Crippen LogP contribution in [-0.4, -0.2) is 20.4 Å². The van der Waals surface area contributed by atoms with Crippen LogP contribution in [0.3, 0.4) is 0 Å². The number of carbonyl (C=O) groups is 1. The molecule has 0 unspecified atom stereocenters. The van der Waals surface area contributed by atoms with Crippen LogP contribution in [0, 0.1) is 12.7 Å². The molecule has 3 aromatic carbocycles. The molecule has 5 aromatic rings. The Morgan fingerprint density at radius 3 is 2.45 bits per heavy atom. The first-order valence-electron chi connectivity index (χ1n) is 9.72. The summed E-state index contributed by atoms with van der Waals surface area (Å²) in [6.45, 7) is 1.98. The lowest BCUT2D eigenvalue weighted by Gasteiger charge is -2.09. The van der Waals surface area contributed by atoms with Crippen LogP contribution in [0.4, 0.5) is 15.9 Å². The van der Waals surface area contributed by atoms with E-state index in [0.29, 0.717) is 27.9 Å². The molecule has 7 heteroatoms. The van der Waals surface area contributed by atoms with Gasteiger partial charge >= 0.3 is 0 Å². The van der Waals surface area contributed by atoms with Crippen molar-refractivity contribution in [1.82, 2.24) is 14.5 Å². The van der Waals surface area contributed by atoms with Gasteiger partial charge in [-0.2, -0.15) is 0 Å². The number of amides is 1. The van der Waals surface area contributed by atoms with E-state index in [1.165, 1.54) is 18.2 Å². The van der Waals surface area contributed by atoms with E-state index in [2.05, 4.69) is 10.3 Å². The third kappa shape index (κ3) is 3.26. The number of hydrogen-bond acceptors (Lipinski definition) is 4. The monoisotopic (exact) mass is 411 g/mol. The lowest BCUT2D eigenvalue weighted by molar-refractivity contribution is 0.102. The summed E-state index contributed by atoms with van der Waals surface area (Å²) in [6.07, 6.45) is 0. The molecule has 2 aromatic heterocycles. The number of para-hydroxylation sites is 2. The molecule has 5 rings (SSSR count). The number of fused-ring (bicyclic) bond motifs is 2. The number of nitrogen functional groups attached to an aromatic ring is 1. The molecule has 0 saturated carbocycles. The second kappa shape index (κ2) is 7.21. The number of rotatable bonds is 3. The average molecular weight is 411 g/mol. The minimum absolute atomic E-state index is 0.194. The quantitative estimate of drug-likeness (QED) is 0.444. The van der Waals surface area contributed by atoms with E-state index in [9.17, 15) is 9.18 Å². The number of aryl methyl sites for hydroxylation is 1. The highest BCUT2D eigenvalue weighted by Gasteiger charge is 2.25. The molecule has 0 bridgehead atoms. The Hall–Kier alpha value is -4.26. The van der Waals surface area contributed by atoms with Gasteiger partial charge in [0.1, 0.15) is 22.7 Å². The average Bonchev–Trinajstić information content (AvgIpc) is 3.02. The van der Waals surface area contributed by atoms with Crippen molar-refractivity contribution in [3.8, 4) is 5.69 Å². The number of aromatic nitrogens is 3. The van der Waals surface area contributed by atoms with Gasteiger partial charge in [0.2, 0.25) is 0 Å². The SMILES string of the molecule is Cc1cccc(-n2c(N)c(C(=O)Nc3cccc(F)c3)c3nc4ccccc4nc32)c1. The number of halogens is 1. The van der Waals surface area contributed by atoms with Gasteiger partial charge < -0.3 is 11.1 Å². The first kappa shape index (κ1) is 18.7. The summed E-state index contributed by atoms with van der Waals surface area (Å²) in [5.74, 6) is -0.715. The summed E-state index contributed by atoms with van der Waals surface area (Å²) in [5.41, 5.74) is 11.0. The van der Waals surface area contributed by atoms with Gasteiger partial charge in [0.15, 0.2) is 5.65 Å². The molecule has 0 aliphatic heterocycles. The van der Waals surface area contributed by atoms with Gasteiger partial charge in [0.05, 0.1) is 11.0 Å². The van der Waals surface area contributed by atoms with Crippen LogP contribution in [0.2, 0.25) is 0 Å². The van der Waals surface area contributed by atoms with Crippen LogP contribution in [0.1, 0.15) is 15.9 Å². The fourth-order valence-electron chi connectivity index (χ4n) is 3.67. The zero-order chi connectivity index (χ0) is 21.5. The first-order valence-corrected chi connectivity index (χ1v) is 9.72. The van der Waals surface area contributed by atoms with Gasteiger partial charge in [0, 0.05) is 11.4 Å². The van der Waals surface area contributed by atoms with Gasteiger partial charge in [0.25, 0.3) is 5.91 Å². The molecule has 0 fully saturated rings. The molecule has 0 radical (unpaired) electrons. The van der Waals surface area contributed by atoms with Crippen molar-refractivity contribution in [2.24, 2.45) is 0 Å². The number of carbonyl (C=O) groups excluding carboxylic acids is 1. The largest absolute Gasteiger partial charge is 0.384 e. The van der Waals surface area contributed by atoms with Gasteiger partial charge in [-0.05, 0) is 55.0 Å². The molecular formula is C24H18FN5O. The van der Waals surface area contributed by atoms with Crippen LogP contribution >= 0.6 is 0 Å². The second-order valence-electron chi connectivity index (χ2n) is 7.28. The van der Waals surface area contributed by atoms with Crippen molar-refractivity contribution in [1.29, 1.82) is 0 Å². The van der Waals surface area contributed by atoms with Crippen molar-refractivity contribution in [3.05, 3.63) is 89.7 Å². The van der Waals surface area contributed by atoms with E-state index in [-0.39, 0.29) is 11.4 Å². The number of nitrogens with one attached hydrogen (secondary N) is 1. The van der Waals surface area contributed by atoms with Crippen molar-refractivity contribution in [2.45, 2.75) is 6.92 Å². The predicted octanol–water partition coefficient (Wildman–Crippen LogP) is 4.86. The van der Waals surface area contributed by atoms with Crippen molar-refractivity contribution < 1.29 is 9.18 Å². The smallest absolute Gasteiger partial charge is 0.261 e. The normalized spacial score (nSPS) is 11.2. The molecule has 6 nitrogen and oxygen atoms in total. The highest BCUT2D eigenvalue weighted by Crippen LogP contribution is 2.31. The van der Waals surface area contributed by atoms with Gasteiger partial charge in [-0.1, -0.05) is 30.3 Å². The maximum Gasteiger partial charge on any atom is 0.261 e. The number of nitrogens with two attached hydrogens (primary N) is 1. The second-order valence-corrected chi connectivity index (χ2v) is 7.28. The standard InChI is InChI=1S/C24H18FN5O/c1-14-6-4-9-17(12-14)30-22(26)20(24(31)27-16-8-5-7-15(25)13-16)21-23(30)29-19-11-3-2-10-18(19)28-21/h2-13H,26H2,1H3,(H,27,31). The molecular weight excluding hydrogens is 393 g/mol. The zero-order valence-corrected chi connectivity index (χ0v) is 16.6. The lowest BCUT2D eigenvalue weighted by Crippen LogP contribution is -2.14. The molecule has 0 aliphatic carbocycles. The third-order valence-electron chi connectivity index (χ3n) is 5.07. The summed E-state index contributed by atoms with van der Waals surface area (Å²) in [4.78, 5) is 22.7. The zero-order valence-electron chi connectivity index (χ0n) is 16.6. The molecule has 0 saturated heterocycles. The molecule has 152 valence electrons. The van der Waals surface area contributed by atoms with Crippen LogP contribution < -0.4 is 11.1 Å². The summed E-state index contributed by atoms with van der Waals surface area (Å²) < 4.78 is 15.3. The maximum absolute atomic E-state index is 13.6. The number of hydrogen-bond donors (Lipinski definition) is 2. The molecule has 1 amide bonds. The van der Waals surface area contributed by atoms with Gasteiger partial charge in [-0.3, -0.25) is 9.36 Å².